The van der Waals surface area contributed by atoms with Crippen LogP contribution in [0.15, 0.2) is 18.2 Å². The molecule has 2 unspecified atom stereocenters. The van der Waals surface area contributed by atoms with Gasteiger partial charge in [0.2, 0.25) is 0 Å². The molecular formula is C15H22N2O2. The molecule has 0 aliphatic carbocycles. The van der Waals surface area contributed by atoms with Crippen LogP contribution in [0.4, 0.5) is 0 Å². The van der Waals surface area contributed by atoms with Gasteiger partial charge in [0.1, 0.15) is 6.07 Å². The number of ether oxygens (including phenoxy) is 2. The van der Waals surface area contributed by atoms with Crippen LogP contribution in [-0.2, 0) is 6.42 Å². The van der Waals surface area contributed by atoms with E-state index in [0.29, 0.717) is 17.9 Å². The first kappa shape index (κ1) is 15.3. The molecule has 0 spiro atoms. The fourth-order valence-electron chi connectivity index (χ4n) is 1.74. The van der Waals surface area contributed by atoms with Crippen LogP contribution in [0.2, 0.25) is 0 Å². The zero-order chi connectivity index (χ0) is 14.3. The summed E-state index contributed by atoms with van der Waals surface area (Å²) in [4.78, 5) is 0. The number of nitrogens with two attached hydrogens (primary N) is 1. The Bertz CT molecular complexity index is 440. The first-order chi connectivity index (χ1) is 9.14. The van der Waals surface area contributed by atoms with Crippen molar-refractivity contribution in [3.8, 4) is 17.6 Å². The molecule has 19 heavy (non-hydrogen) atoms. The normalized spacial score (nSPS) is 13.4. The number of methoxy groups -OCH3 is 1. The molecule has 2 N–H and O–H groups in total. The molecule has 0 radical (unpaired) electrons. The quantitative estimate of drug-likeness (QED) is 0.820. The molecule has 0 amide bonds. The molecule has 1 rings (SSSR count). The molecule has 0 saturated carbocycles. The second kappa shape index (κ2) is 7.65. The minimum absolute atomic E-state index is 0.152. The second-order valence-electron chi connectivity index (χ2n) is 4.50. The van der Waals surface area contributed by atoms with E-state index in [1.165, 1.54) is 0 Å². The Kier molecular flexibility index (Phi) is 6.17. The number of rotatable bonds is 7. The topological polar surface area (TPSA) is 68.3 Å². The van der Waals surface area contributed by atoms with Crippen molar-refractivity contribution < 1.29 is 9.47 Å². The van der Waals surface area contributed by atoms with Crippen LogP contribution in [0.25, 0.3) is 0 Å². The monoisotopic (exact) mass is 262 g/mol. The van der Waals surface area contributed by atoms with Crippen molar-refractivity contribution in [1.29, 1.82) is 5.26 Å². The number of nitrogens with zero attached hydrogens (tertiary/aromatic N) is 1. The van der Waals surface area contributed by atoms with Crippen LogP contribution in [0.3, 0.4) is 0 Å². The minimum Gasteiger partial charge on any atom is -0.493 e. The van der Waals surface area contributed by atoms with Gasteiger partial charge < -0.3 is 15.2 Å². The molecule has 4 nitrogen and oxygen atoms in total. The highest BCUT2D eigenvalue weighted by Gasteiger charge is 2.12. The van der Waals surface area contributed by atoms with Crippen molar-refractivity contribution in [3.63, 3.8) is 0 Å². The number of hydrogen-bond donors (Lipinski definition) is 1. The third-order valence-electron chi connectivity index (χ3n) is 3.03. The predicted molar refractivity (Wildman–Crippen MR) is 75.3 cm³/mol. The van der Waals surface area contributed by atoms with Gasteiger partial charge in [-0.2, -0.15) is 5.26 Å². The van der Waals surface area contributed by atoms with Crippen LogP contribution < -0.4 is 15.2 Å². The van der Waals surface area contributed by atoms with E-state index in [9.17, 15) is 0 Å². The average Bonchev–Trinajstić information content (AvgIpc) is 2.45. The molecule has 1 aromatic carbocycles. The van der Waals surface area contributed by atoms with Crippen molar-refractivity contribution in [1.82, 2.24) is 0 Å². The molecule has 0 heterocycles. The van der Waals surface area contributed by atoms with E-state index in [0.717, 1.165) is 18.4 Å². The summed E-state index contributed by atoms with van der Waals surface area (Å²) in [5.74, 6) is 1.25. The minimum atomic E-state index is -0.447. The van der Waals surface area contributed by atoms with Crippen molar-refractivity contribution >= 4 is 0 Å². The van der Waals surface area contributed by atoms with Crippen LogP contribution in [0.1, 0.15) is 32.3 Å². The van der Waals surface area contributed by atoms with E-state index in [-0.39, 0.29) is 6.04 Å². The highest BCUT2D eigenvalue weighted by Crippen LogP contribution is 2.29. The predicted octanol–water partition coefficient (Wildman–Crippen LogP) is 2.66. The van der Waals surface area contributed by atoms with E-state index >= 15 is 0 Å². The van der Waals surface area contributed by atoms with E-state index in [2.05, 4.69) is 13.0 Å². The Balaban J connectivity index is 2.87. The summed E-state index contributed by atoms with van der Waals surface area (Å²) in [5.41, 5.74) is 7.06. The summed E-state index contributed by atoms with van der Waals surface area (Å²) in [6, 6.07) is 8.00. The lowest BCUT2D eigenvalue weighted by Gasteiger charge is -2.15. The largest absolute Gasteiger partial charge is 0.493 e. The molecule has 0 saturated heterocycles. The Morgan fingerprint density at radius 2 is 2.00 bits per heavy atom. The van der Waals surface area contributed by atoms with E-state index in [4.69, 9.17) is 20.5 Å². The fourth-order valence-corrected chi connectivity index (χ4v) is 1.74. The zero-order valence-corrected chi connectivity index (χ0v) is 11.8. The number of hydrogen-bond acceptors (Lipinski definition) is 4. The van der Waals surface area contributed by atoms with Gasteiger partial charge in [-0.1, -0.05) is 19.9 Å². The smallest absolute Gasteiger partial charge is 0.184 e. The lowest BCUT2D eigenvalue weighted by Crippen LogP contribution is -2.21. The maximum absolute atomic E-state index is 8.92. The van der Waals surface area contributed by atoms with Gasteiger partial charge >= 0.3 is 0 Å². The summed E-state index contributed by atoms with van der Waals surface area (Å²) in [6.07, 6.45) is 1.94. The highest BCUT2D eigenvalue weighted by molar-refractivity contribution is 5.43. The number of nitriles is 1. The second-order valence-corrected chi connectivity index (χ2v) is 4.50. The summed E-state index contributed by atoms with van der Waals surface area (Å²) in [5, 5.41) is 8.92. The Morgan fingerprint density at radius 1 is 1.26 bits per heavy atom. The summed E-state index contributed by atoms with van der Waals surface area (Å²) >= 11 is 0. The molecule has 4 heteroatoms. The first-order valence-corrected chi connectivity index (χ1v) is 6.63. The number of benzene rings is 1. The van der Waals surface area contributed by atoms with Crippen molar-refractivity contribution in [2.75, 3.05) is 7.11 Å². The molecule has 0 aromatic heterocycles. The molecule has 0 fully saturated rings. The maximum Gasteiger partial charge on any atom is 0.184 e. The van der Waals surface area contributed by atoms with E-state index < -0.39 is 6.10 Å². The van der Waals surface area contributed by atoms with Gasteiger partial charge in [0.25, 0.3) is 0 Å². The van der Waals surface area contributed by atoms with Crippen molar-refractivity contribution in [2.24, 2.45) is 5.73 Å². The Hall–Kier alpha value is -1.73. The summed E-state index contributed by atoms with van der Waals surface area (Å²) in [6.45, 7) is 3.98. The van der Waals surface area contributed by atoms with Gasteiger partial charge in [0.05, 0.1) is 7.11 Å². The first-order valence-electron chi connectivity index (χ1n) is 6.63. The summed E-state index contributed by atoms with van der Waals surface area (Å²) in [7, 11) is 1.60. The Labute approximate surface area is 115 Å². The SMILES string of the molecule is CCC(N)Cc1ccc(OC(C#N)CC)c(OC)c1. The molecule has 2 atom stereocenters. The lowest BCUT2D eigenvalue weighted by atomic mass is 10.0. The molecule has 1 aromatic rings. The van der Waals surface area contributed by atoms with Crippen LogP contribution in [0, 0.1) is 11.3 Å². The third kappa shape index (κ3) is 4.46. The van der Waals surface area contributed by atoms with Gasteiger partial charge in [0, 0.05) is 6.04 Å². The van der Waals surface area contributed by atoms with Crippen LogP contribution in [-0.4, -0.2) is 19.3 Å². The van der Waals surface area contributed by atoms with E-state index in [1.807, 2.05) is 25.1 Å². The average molecular weight is 262 g/mol. The summed E-state index contributed by atoms with van der Waals surface area (Å²) < 4.78 is 10.9. The molecule has 104 valence electrons. The Morgan fingerprint density at radius 3 is 2.53 bits per heavy atom. The van der Waals surface area contributed by atoms with E-state index in [1.54, 1.807) is 7.11 Å². The zero-order valence-electron chi connectivity index (χ0n) is 11.8. The van der Waals surface area contributed by atoms with Gasteiger partial charge in [-0.05, 0) is 37.0 Å². The van der Waals surface area contributed by atoms with Crippen molar-refractivity contribution in [2.45, 2.75) is 45.3 Å². The van der Waals surface area contributed by atoms with Gasteiger partial charge in [-0.15, -0.1) is 0 Å². The molecule has 0 aliphatic heterocycles. The fraction of sp³-hybridized carbons (Fsp3) is 0.533. The molecule has 0 bridgehead atoms. The van der Waals surface area contributed by atoms with Crippen molar-refractivity contribution in [3.05, 3.63) is 23.8 Å². The molecular weight excluding hydrogens is 240 g/mol. The standard InChI is InChI=1S/C15H22N2O2/c1-4-12(17)8-11-6-7-14(15(9-11)18-3)19-13(5-2)10-16/h6-7,9,12-13H,4-5,8,17H2,1-3H3. The third-order valence-corrected chi connectivity index (χ3v) is 3.03. The van der Waals surface area contributed by atoms with Crippen LogP contribution >= 0.6 is 0 Å². The van der Waals surface area contributed by atoms with Gasteiger partial charge in [0.15, 0.2) is 17.6 Å². The lowest BCUT2D eigenvalue weighted by molar-refractivity contribution is 0.239. The van der Waals surface area contributed by atoms with Gasteiger partial charge in [-0.25, -0.2) is 0 Å². The van der Waals surface area contributed by atoms with Gasteiger partial charge in [-0.3, -0.25) is 0 Å². The maximum atomic E-state index is 8.92. The van der Waals surface area contributed by atoms with Crippen LogP contribution in [0.5, 0.6) is 11.5 Å². The highest BCUT2D eigenvalue weighted by atomic mass is 16.5. The molecule has 0 aliphatic rings.